The Morgan fingerprint density at radius 3 is 2.61 bits per heavy atom. The molecule has 0 amide bonds. The number of fused-ring (bicyclic) bond motifs is 3. The smallest absolute Gasteiger partial charge is 0.242 e. The first kappa shape index (κ1) is 23.1. The first-order valence-corrected chi connectivity index (χ1v) is 12.5. The van der Waals surface area contributed by atoms with E-state index in [9.17, 15) is 13.2 Å². The van der Waals surface area contributed by atoms with Crippen molar-refractivity contribution in [2.45, 2.75) is 50.6 Å². The predicted molar refractivity (Wildman–Crippen MR) is 126 cm³/mol. The highest BCUT2D eigenvalue weighted by Crippen LogP contribution is 2.41. The average Bonchev–Trinajstić information content (AvgIpc) is 3.30. The van der Waals surface area contributed by atoms with Crippen LogP contribution < -0.4 is 15.0 Å². The van der Waals surface area contributed by atoms with Crippen LogP contribution in [0.5, 0.6) is 5.88 Å². The van der Waals surface area contributed by atoms with E-state index < -0.39 is 23.4 Å². The highest BCUT2D eigenvalue weighted by atomic mass is 19.2. The number of rotatable bonds is 5. The molecule has 11 heteroatoms. The number of aromatic nitrogens is 5. The molecule has 1 saturated heterocycles. The number of nitrogens with zero attached hydrogens (tertiary/aromatic N) is 6. The summed E-state index contributed by atoms with van der Waals surface area (Å²) < 4.78 is 49.3. The van der Waals surface area contributed by atoms with Gasteiger partial charge in [-0.2, -0.15) is 10.1 Å². The van der Waals surface area contributed by atoms with E-state index in [4.69, 9.17) is 14.8 Å². The van der Waals surface area contributed by atoms with E-state index in [0.717, 1.165) is 50.5 Å². The molecule has 2 bridgehead atoms. The molecule has 6 rings (SSSR count). The molecule has 2 fully saturated rings. The summed E-state index contributed by atoms with van der Waals surface area (Å²) in [6.07, 6.45) is 6.27. The fourth-order valence-corrected chi connectivity index (χ4v) is 6.11. The van der Waals surface area contributed by atoms with Crippen molar-refractivity contribution in [2.24, 2.45) is 11.8 Å². The topological polar surface area (TPSA) is 81.0 Å². The number of anilines is 2. The number of piperidine rings is 1. The highest BCUT2D eigenvalue weighted by Gasteiger charge is 2.43. The van der Waals surface area contributed by atoms with Crippen LogP contribution in [-0.4, -0.2) is 51.2 Å². The van der Waals surface area contributed by atoms with Gasteiger partial charge in [-0.3, -0.25) is 0 Å². The maximum absolute atomic E-state index is 14.7. The van der Waals surface area contributed by atoms with E-state index in [0.29, 0.717) is 42.5 Å². The van der Waals surface area contributed by atoms with Gasteiger partial charge >= 0.3 is 0 Å². The second-order valence-electron chi connectivity index (χ2n) is 9.96. The van der Waals surface area contributed by atoms with Gasteiger partial charge in [0, 0.05) is 43.2 Å². The molecular weight excluding hydrogens is 471 g/mol. The van der Waals surface area contributed by atoms with Gasteiger partial charge < -0.3 is 15.0 Å². The van der Waals surface area contributed by atoms with E-state index in [-0.39, 0.29) is 11.6 Å². The summed E-state index contributed by atoms with van der Waals surface area (Å²) in [4.78, 5) is 7.09. The summed E-state index contributed by atoms with van der Waals surface area (Å²) in [5.74, 6) is -1.81. The summed E-state index contributed by atoms with van der Waals surface area (Å²) in [5.41, 5.74) is 1.13. The van der Waals surface area contributed by atoms with E-state index >= 15 is 0 Å². The molecule has 4 atom stereocenters. The van der Waals surface area contributed by atoms with E-state index in [2.05, 4.69) is 20.4 Å². The van der Waals surface area contributed by atoms with Crippen LogP contribution in [0.15, 0.2) is 24.4 Å². The van der Waals surface area contributed by atoms with Crippen LogP contribution >= 0.6 is 0 Å². The minimum Gasteiger partial charge on any atom is -0.480 e. The van der Waals surface area contributed by atoms with Crippen LogP contribution in [0.3, 0.4) is 0 Å². The molecule has 1 N–H and O–H groups in total. The van der Waals surface area contributed by atoms with E-state index in [1.165, 1.54) is 6.07 Å². The Labute approximate surface area is 206 Å². The first-order chi connectivity index (χ1) is 17.5. The molecule has 2 aliphatic heterocycles. The second kappa shape index (κ2) is 9.25. The molecule has 0 radical (unpaired) electrons. The van der Waals surface area contributed by atoms with Crippen molar-refractivity contribution < 1.29 is 17.9 Å². The first-order valence-electron chi connectivity index (χ1n) is 12.5. The van der Waals surface area contributed by atoms with Gasteiger partial charge in [0.25, 0.3) is 0 Å². The number of halogens is 3. The normalized spacial score (nSPS) is 25.4. The molecule has 2 unspecified atom stereocenters. The molecular formula is C25H28F3N7O. The van der Waals surface area contributed by atoms with Crippen molar-refractivity contribution in [3.05, 3.63) is 53.2 Å². The number of hydrogen-bond acceptors (Lipinski definition) is 7. The average molecular weight is 500 g/mol. The maximum atomic E-state index is 14.7. The zero-order valence-corrected chi connectivity index (χ0v) is 20.0. The summed E-state index contributed by atoms with van der Waals surface area (Å²) in [6.45, 7) is 2.41. The van der Waals surface area contributed by atoms with E-state index in [1.54, 1.807) is 18.0 Å². The summed E-state index contributed by atoms with van der Waals surface area (Å²) in [5, 5.41) is 16.3. The Morgan fingerprint density at radius 1 is 1.03 bits per heavy atom. The lowest BCUT2D eigenvalue weighted by molar-refractivity contribution is 0.372. The highest BCUT2D eigenvalue weighted by molar-refractivity contribution is 5.48. The quantitative estimate of drug-likeness (QED) is 0.529. The lowest BCUT2D eigenvalue weighted by atomic mass is 9.92. The van der Waals surface area contributed by atoms with Crippen molar-refractivity contribution in [1.29, 1.82) is 0 Å². The van der Waals surface area contributed by atoms with Gasteiger partial charge in [-0.1, -0.05) is 12.5 Å². The lowest BCUT2D eigenvalue weighted by Gasteiger charge is -2.39. The second-order valence-corrected chi connectivity index (χ2v) is 9.96. The van der Waals surface area contributed by atoms with Gasteiger partial charge in [-0.05, 0) is 43.6 Å². The van der Waals surface area contributed by atoms with Crippen molar-refractivity contribution in [2.75, 3.05) is 30.4 Å². The minimum absolute atomic E-state index is 0.130. The van der Waals surface area contributed by atoms with Crippen LogP contribution in [0, 0.1) is 29.3 Å². The van der Waals surface area contributed by atoms with Crippen LogP contribution in [0.2, 0.25) is 0 Å². The van der Waals surface area contributed by atoms with Crippen LogP contribution in [0.25, 0.3) is 0 Å². The molecule has 36 heavy (non-hydrogen) atoms. The maximum Gasteiger partial charge on any atom is 0.242 e. The third kappa shape index (κ3) is 4.04. The molecule has 1 aromatic carbocycles. The third-order valence-corrected chi connectivity index (χ3v) is 7.89. The molecule has 3 aromatic rings. The standard InChI is InChI=1S/C25H28F3N7O/c1-36-20-10-16(11-29-32-20)34-12-14-5-6-15(13-34)23(14)30-25-31-24-18(4-2-3-9-35(24)33-25)17-7-8-19(26)22(28)21(17)27/h7-8,10-11,14-15,18,23H,2-6,9,12-13H2,1H3,(H,30,33)/t14-,15?,18+,23?/m0/s1. The number of benzene rings is 1. The van der Waals surface area contributed by atoms with Gasteiger partial charge in [0.05, 0.1) is 19.0 Å². The molecule has 0 spiro atoms. The fourth-order valence-electron chi connectivity index (χ4n) is 6.11. The molecule has 8 nitrogen and oxygen atoms in total. The van der Waals surface area contributed by atoms with Gasteiger partial charge in [0.1, 0.15) is 5.82 Å². The number of nitrogens with one attached hydrogen (secondary N) is 1. The lowest BCUT2D eigenvalue weighted by Crippen LogP contribution is -2.48. The Balaban J connectivity index is 1.23. The zero-order chi connectivity index (χ0) is 24.8. The zero-order valence-electron chi connectivity index (χ0n) is 20.0. The summed E-state index contributed by atoms with van der Waals surface area (Å²) >= 11 is 0. The monoisotopic (exact) mass is 499 g/mol. The molecule has 4 heterocycles. The Bertz CT molecular complexity index is 1250. The van der Waals surface area contributed by atoms with Crippen molar-refractivity contribution in [1.82, 2.24) is 25.0 Å². The Kier molecular flexibility index (Phi) is 5.93. The molecule has 2 aromatic heterocycles. The van der Waals surface area contributed by atoms with Gasteiger partial charge in [0.15, 0.2) is 17.5 Å². The molecule has 1 aliphatic carbocycles. The SMILES string of the molecule is COc1cc(N2CC3CC[C@@H](C2)C3Nc2nc3n(n2)CCCC[C@@H]3c2ccc(F)c(F)c2F)cnn1. The molecule has 3 aliphatic rings. The van der Waals surface area contributed by atoms with Crippen molar-refractivity contribution in [3.63, 3.8) is 0 Å². The Morgan fingerprint density at radius 2 is 1.83 bits per heavy atom. The van der Waals surface area contributed by atoms with Crippen LogP contribution in [-0.2, 0) is 6.54 Å². The molecule has 1 saturated carbocycles. The van der Waals surface area contributed by atoms with Crippen molar-refractivity contribution >= 4 is 11.6 Å². The van der Waals surface area contributed by atoms with Gasteiger partial charge in [-0.25, -0.2) is 17.9 Å². The van der Waals surface area contributed by atoms with Crippen molar-refractivity contribution in [3.8, 4) is 5.88 Å². The predicted octanol–water partition coefficient (Wildman–Crippen LogP) is 4.14. The Hall–Kier alpha value is -3.37. The summed E-state index contributed by atoms with van der Waals surface area (Å²) in [6, 6.07) is 4.45. The van der Waals surface area contributed by atoms with Crippen LogP contribution in [0.1, 0.15) is 49.4 Å². The number of ether oxygens (including phenoxy) is 1. The summed E-state index contributed by atoms with van der Waals surface area (Å²) in [7, 11) is 1.58. The van der Waals surface area contributed by atoms with Gasteiger partial charge in [-0.15, -0.1) is 10.2 Å². The minimum atomic E-state index is -1.44. The van der Waals surface area contributed by atoms with Gasteiger partial charge in [0.2, 0.25) is 11.8 Å². The number of hydrogen-bond donors (Lipinski definition) is 1. The third-order valence-electron chi connectivity index (χ3n) is 7.89. The fraction of sp³-hybridized carbons (Fsp3) is 0.520. The molecule has 190 valence electrons. The number of aryl methyl sites for hydroxylation is 1. The van der Waals surface area contributed by atoms with Crippen LogP contribution in [0.4, 0.5) is 24.8 Å². The van der Waals surface area contributed by atoms with E-state index in [1.807, 2.05) is 6.07 Å². The largest absolute Gasteiger partial charge is 0.480 e. The number of methoxy groups -OCH3 is 1.